The zero-order valence-corrected chi connectivity index (χ0v) is 23.5. The van der Waals surface area contributed by atoms with Crippen LogP contribution in [0.1, 0.15) is 56.6 Å². The summed E-state index contributed by atoms with van der Waals surface area (Å²) in [4.78, 5) is 28.4. The van der Waals surface area contributed by atoms with Gasteiger partial charge in [-0.2, -0.15) is 0 Å². The van der Waals surface area contributed by atoms with Gasteiger partial charge in [-0.15, -0.1) is 11.8 Å². The van der Waals surface area contributed by atoms with E-state index in [0.29, 0.717) is 37.8 Å². The van der Waals surface area contributed by atoms with Crippen molar-refractivity contribution in [3.05, 3.63) is 67.6 Å². The van der Waals surface area contributed by atoms with Crippen molar-refractivity contribution >= 4 is 70.0 Å². The molecule has 1 fully saturated rings. The lowest BCUT2D eigenvalue weighted by molar-refractivity contribution is -0.139. The average Bonchev–Trinajstić information content (AvgIpc) is 2.83. The first-order valence-electron chi connectivity index (χ1n) is 11.8. The molecule has 0 spiro atoms. The number of halogens is 4. The number of amides is 2. The quantitative estimate of drug-likeness (QED) is 0.314. The first-order chi connectivity index (χ1) is 16.8. The largest absolute Gasteiger partial charge is 0.352 e. The molecule has 1 saturated carbocycles. The van der Waals surface area contributed by atoms with Crippen molar-refractivity contribution in [3.8, 4) is 0 Å². The van der Waals surface area contributed by atoms with E-state index in [1.807, 2.05) is 6.92 Å². The lowest BCUT2D eigenvalue weighted by Gasteiger charge is -2.33. The minimum Gasteiger partial charge on any atom is -0.352 e. The number of benzene rings is 2. The fraction of sp³-hybridized carbons (Fsp3) is 0.462. The summed E-state index contributed by atoms with van der Waals surface area (Å²) in [5.41, 5.74) is 1.42. The molecule has 9 heteroatoms. The van der Waals surface area contributed by atoms with Crippen LogP contribution in [0.4, 0.5) is 0 Å². The normalized spacial score (nSPS) is 15.0. The van der Waals surface area contributed by atoms with Crippen molar-refractivity contribution in [2.75, 3.05) is 5.75 Å². The second-order valence-electron chi connectivity index (χ2n) is 8.68. The fourth-order valence-corrected chi connectivity index (χ4v) is 6.48. The Morgan fingerprint density at radius 3 is 2.03 bits per heavy atom. The Bertz CT molecular complexity index is 990. The predicted molar refractivity (Wildman–Crippen MR) is 149 cm³/mol. The summed E-state index contributed by atoms with van der Waals surface area (Å²) in [6, 6.07) is 10.1. The van der Waals surface area contributed by atoms with E-state index in [2.05, 4.69) is 5.32 Å². The van der Waals surface area contributed by atoms with Crippen LogP contribution in [0.2, 0.25) is 20.1 Å². The molecule has 3 rings (SSSR count). The highest BCUT2D eigenvalue weighted by Gasteiger charge is 2.31. The molecule has 0 aromatic heterocycles. The van der Waals surface area contributed by atoms with E-state index in [1.54, 1.807) is 41.3 Å². The van der Waals surface area contributed by atoms with Crippen molar-refractivity contribution < 1.29 is 9.59 Å². The van der Waals surface area contributed by atoms with Crippen molar-refractivity contribution in [1.82, 2.24) is 10.2 Å². The van der Waals surface area contributed by atoms with Gasteiger partial charge in [0.2, 0.25) is 11.8 Å². The van der Waals surface area contributed by atoms with E-state index in [4.69, 9.17) is 46.4 Å². The molecule has 1 aliphatic rings. The Morgan fingerprint density at radius 1 is 0.943 bits per heavy atom. The molecule has 0 unspecified atom stereocenters. The summed E-state index contributed by atoms with van der Waals surface area (Å²) in [5, 5.41) is 5.24. The van der Waals surface area contributed by atoms with Gasteiger partial charge in [0, 0.05) is 44.0 Å². The molecule has 1 atom stereocenters. The second-order valence-corrected chi connectivity index (χ2v) is 11.3. The Hall–Kier alpha value is -1.11. The SMILES string of the molecule is CC[C@H](C(=O)NC1CCCCC1)N(Cc1c(Cl)cccc1Cl)C(=O)CSCc1c(Cl)cccc1Cl. The zero-order chi connectivity index (χ0) is 25.4. The molecule has 0 saturated heterocycles. The lowest BCUT2D eigenvalue weighted by atomic mass is 9.95. The Labute approximate surface area is 232 Å². The minimum atomic E-state index is -0.624. The summed E-state index contributed by atoms with van der Waals surface area (Å²) >= 11 is 26.8. The lowest BCUT2D eigenvalue weighted by Crippen LogP contribution is -2.52. The molecule has 35 heavy (non-hydrogen) atoms. The van der Waals surface area contributed by atoms with Gasteiger partial charge in [0.05, 0.1) is 5.75 Å². The Balaban J connectivity index is 1.77. The van der Waals surface area contributed by atoms with Crippen LogP contribution in [-0.2, 0) is 21.9 Å². The number of nitrogens with one attached hydrogen (secondary N) is 1. The standard InChI is InChI=1S/C26H30Cl4N2O2S/c1-2-24(26(34)31-17-8-4-3-5-9-17)32(14-18-20(27)10-6-11-21(18)28)25(33)16-35-15-19-22(29)12-7-13-23(19)30/h6-7,10-13,17,24H,2-5,8-9,14-16H2,1H3,(H,31,34)/t24-/m1/s1. The summed E-state index contributed by atoms with van der Waals surface area (Å²) in [6.07, 6.45) is 5.85. The van der Waals surface area contributed by atoms with Crippen molar-refractivity contribution in [2.45, 2.75) is 69.8 Å². The highest BCUT2D eigenvalue weighted by atomic mass is 35.5. The summed E-state index contributed by atoms with van der Waals surface area (Å²) in [6.45, 7) is 2.07. The number of rotatable bonds is 10. The van der Waals surface area contributed by atoms with Gasteiger partial charge >= 0.3 is 0 Å². The van der Waals surface area contributed by atoms with E-state index in [-0.39, 0.29) is 30.2 Å². The molecule has 0 aliphatic heterocycles. The molecule has 1 aliphatic carbocycles. The number of thioether (sulfide) groups is 1. The van der Waals surface area contributed by atoms with Crippen LogP contribution in [0.3, 0.4) is 0 Å². The third kappa shape index (κ3) is 7.93. The van der Waals surface area contributed by atoms with Gasteiger partial charge in [-0.05, 0) is 49.1 Å². The third-order valence-electron chi connectivity index (χ3n) is 6.26. The summed E-state index contributed by atoms with van der Waals surface area (Å²) < 4.78 is 0. The van der Waals surface area contributed by atoms with Gasteiger partial charge in [-0.1, -0.05) is 84.7 Å². The molecule has 0 radical (unpaired) electrons. The van der Waals surface area contributed by atoms with E-state index < -0.39 is 6.04 Å². The van der Waals surface area contributed by atoms with Gasteiger partial charge in [0.15, 0.2) is 0 Å². The van der Waals surface area contributed by atoms with E-state index in [0.717, 1.165) is 31.2 Å². The summed E-state index contributed by atoms with van der Waals surface area (Å²) in [5.74, 6) is 0.349. The third-order valence-corrected chi connectivity index (χ3v) is 8.62. The molecule has 2 aromatic rings. The number of hydrogen-bond acceptors (Lipinski definition) is 3. The number of nitrogens with zero attached hydrogens (tertiary/aromatic N) is 1. The highest BCUT2D eigenvalue weighted by molar-refractivity contribution is 7.99. The molecule has 190 valence electrons. The molecule has 0 bridgehead atoms. The van der Waals surface area contributed by atoms with E-state index in [1.165, 1.54) is 18.2 Å². The molecule has 2 aromatic carbocycles. The molecular formula is C26H30Cl4N2O2S. The van der Waals surface area contributed by atoms with Crippen molar-refractivity contribution in [1.29, 1.82) is 0 Å². The molecule has 2 amide bonds. The van der Waals surface area contributed by atoms with Crippen LogP contribution in [-0.4, -0.2) is 34.6 Å². The molecule has 0 heterocycles. The van der Waals surface area contributed by atoms with Gasteiger partial charge < -0.3 is 10.2 Å². The average molecular weight is 576 g/mol. The molecule has 4 nitrogen and oxygen atoms in total. The second kappa shape index (κ2) is 14.0. The maximum atomic E-state index is 13.5. The first-order valence-corrected chi connectivity index (χ1v) is 14.5. The Kier molecular flexibility index (Phi) is 11.4. The van der Waals surface area contributed by atoms with Crippen LogP contribution in [0, 0.1) is 0 Å². The topological polar surface area (TPSA) is 49.4 Å². The van der Waals surface area contributed by atoms with Gasteiger partial charge in [0.1, 0.15) is 6.04 Å². The highest BCUT2D eigenvalue weighted by Crippen LogP contribution is 2.30. The van der Waals surface area contributed by atoms with Crippen molar-refractivity contribution in [3.63, 3.8) is 0 Å². The van der Waals surface area contributed by atoms with Gasteiger partial charge in [-0.25, -0.2) is 0 Å². The summed E-state index contributed by atoms with van der Waals surface area (Å²) in [7, 11) is 0. The smallest absolute Gasteiger partial charge is 0.243 e. The minimum absolute atomic E-state index is 0.130. The van der Waals surface area contributed by atoms with Crippen LogP contribution >= 0.6 is 58.2 Å². The van der Waals surface area contributed by atoms with Crippen molar-refractivity contribution in [2.24, 2.45) is 0 Å². The maximum absolute atomic E-state index is 13.5. The molecular weight excluding hydrogens is 546 g/mol. The fourth-order valence-electron chi connectivity index (χ4n) is 4.31. The Morgan fingerprint density at radius 2 is 1.49 bits per heavy atom. The van der Waals surface area contributed by atoms with Gasteiger partial charge in [0.25, 0.3) is 0 Å². The zero-order valence-electron chi connectivity index (χ0n) is 19.7. The number of carbonyl (C=O) groups is 2. The van der Waals surface area contributed by atoms with Gasteiger partial charge in [-0.3, -0.25) is 9.59 Å². The van der Waals surface area contributed by atoms with E-state index in [9.17, 15) is 9.59 Å². The number of carbonyl (C=O) groups excluding carboxylic acids is 2. The van der Waals surface area contributed by atoms with Crippen LogP contribution in [0.15, 0.2) is 36.4 Å². The van der Waals surface area contributed by atoms with E-state index >= 15 is 0 Å². The van der Waals surface area contributed by atoms with Crippen LogP contribution < -0.4 is 5.32 Å². The first kappa shape index (κ1) is 28.5. The predicted octanol–water partition coefficient (Wildman–Crippen LogP) is 7.79. The monoisotopic (exact) mass is 574 g/mol. The van der Waals surface area contributed by atoms with Crippen LogP contribution in [0.5, 0.6) is 0 Å². The molecule has 1 N–H and O–H groups in total. The maximum Gasteiger partial charge on any atom is 0.243 e. The number of hydrogen-bond donors (Lipinski definition) is 1. The van der Waals surface area contributed by atoms with Crippen LogP contribution in [0.25, 0.3) is 0 Å².